The Morgan fingerprint density at radius 1 is 1.31 bits per heavy atom. The van der Waals surface area contributed by atoms with E-state index in [1.807, 2.05) is 0 Å². The van der Waals surface area contributed by atoms with Gasteiger partial charge in [-0.3, -0.25) is 4.79 Å². The van der Waals surface area contributed by atoms with Crippen LogP contribution in [0.4, 0.5) is 0 Å². The van der Waals surface area contributed by atoms with E-state index in [2.05, 4.69) is 10.1 Å². The van der Waals surface area contributed by atoms with Crippen LogP contribution in [0.2, 0.25) is 0 Å². The van der Waals surface area contributed by atoms with Gasteiger partial charge in [-0.2, -0.15) is 5.10 Å². The highest BCUT2D eigenvalue weighted by molar-refractivity contribution is 7.89. The minimum absolute atomic E-state index is 0.0954. The summed E-state index contributed by atoms with van der Waals surface area (Å²) in [7, 11) is -0.554. The van der Waals surface area contributed by atoms with Crippen LogP contribution in [-0.4, -0.2) is 82.4 Å². The van der Waals surface area contributed by atoms with Crippen molar-refractivity contribution in [3.63, 3.8) is 0 Å². The van der Waals surface area contributed by atoms with Crippen molar-refractivity contribution in [1.29, 1.82) is 0 Å². The first-order valence-corrected chi connectivity index (χ1v) is 9.72. The van der Waals surface area contributed by atoms with E-state index in [4.69, 9.17) is 0 Å². The highest BCUT2D eigenvalue weighted by Gasteiger charge is 2.38. The first-order valence-electron chi connectivity index (χ1n) is 8.11. The molecule has 2 aromatic rings. The quantitative estimate of drug-likeness (QED) is 0.757. The molecule has 1 aliphatic heterocycles. The summed E-state index contributed by atoms with van der Waals surface area (Å²) in [6.07, 6.45) is 1.99. The molecule has 0 bridgehead atoms. The zero-order valence-corrected chi connectivity index (χ0v) is 15.4. The number of carbonyl (C=O) groups is 1. The van der Waals surface area contributed by atoms with Crippen molar-refractivity contribution in [2.24, 2.45) is 5.92 Å². The maximum Gasteiger partial charge on any atom is 0.256 e. The maximum atomic E-state index is 12.9. The van der Waals surface area contributed by atoms with E-state index >= 15 is 0 Å². The molecule has 10 heteroatoms. The normalized spacial score (nSPS) is 20.7. The number of para-hydroxylation sites is 1. The van der Waals surface area contributed by atoms with Crippen LogP contribution in [0.5, 0.6) is 0 Å². The monoisotopic (exact) mass is 379 g/mol. The first kappa shape index (κ1) is 18.5. The molecule has 1 aromatic heterocycles. The molecule has 3 rings (SSSR count). The van der Waals surface area contributed by atoms with Gasteiger partial charge in [0.1, 0.15) is 12.7 Å². The number of aliphatic hydroxyl groups excluding tert-OH is 1. The molecular weight excluding hydrogens is 358 g/mol. The molecule has 0 saturated carbocycles. The van der Waals surface area contributed by atoms with Gasteiger partial charge in [-0.05, 0) is 12.1 Å². The van der Waals surface area contributed by atoms with E-state index in [0.717, 1.165) is 4.31 Å². The van der Waals surface area contributed by atoms with Crippen LogP contribution in [0.25, 0.3) is 5.69 Å². The SMILES string of the molecule is CN(C)S(=O)(=O)C[C@@H]1CN(C(=O)c2ccccc2-n2cncn2)C[C@@H]1O. The molecule has 0 unspecified atom stereocenters. The largest absolute Gasteiger partial charge is 0.391 e. The fourth-order valence-electron chi connectivity index (χ4n) is 2.96. The Morgan fingerprint density at radius 2 is 2.04 bits per heavy atom. The Hall–Kier alpha value is -2.30. The summed E-state index contributed by atoms with van der Waals surface area (Å²) in [5, 5.41) is 14.3. The summed E-state index contributed by atoms with van der Waals surface area (Å²) in [4.78, 5) is 18.3. The predicted molar refractivity (Wildman–Crippen MR) is 94.2 cm³/mol. The molecular formula is C16H21N5O4S. The van der Waals surface area contributed by atoms with Gasteiger partial charge in [0.15, 0.2) is 0 Å². The van der Waals surface area contributed by atoms with Gasteiger partial charge < -0.3 is 10.0 Å². The Labute approximate surface area is 151 Å². The van der Waals surface area contributed by atoms with E-state index in [1.54, 1.807) is 24.3 Å². The molecule has 2 heterocycles. The van der Waals surface area contributed by atoms with Gasteiger partial charge in [0.05, 0.1) is 23.1 Å². The number of aromatic nitrogens is 3. The van der Waals surface area contributed by atoms with Crippen LogP contribution in [0, 0.1) is 5.92 Å². The fraction of sp³-hybridized carbons (Fsp3) is 0.438. The van der Waals surface area contributed by atoms with Crippen molar-refractivity contribution in [2.45, 2.75) is 6.10 Å². The number of β-amino-alcohol motifs (C(OH)–C–C–N with tert-alkyl or cyclic N) is 1. The van der Waals surface area contributed by atoms with Gasteiger partial charge in [-0.25, -0.2) is 22.4 Å². The van der Waals surface area contributed by atoms with E-state index in [9.17, 15) is 18.3 Å². The molecule has 1 N–H and O–H groups in total. The van der Waals surface area contributed by atoms with Crippen LogP contribution < -0.4 is 0 Å². The van der Waals surface area contributed by atoms with Crippen molar-refractivity contribution in [3.05, 3.63) is 42.5 Å². The van der Waals surface area contributed by atoms with E-state index in [0.29, 0.717) is 11.3 Å². The summed E-state index contributed by atoms with van der Waals surface area (Å²) < 4.78 is 26.8. The van der Waals surface area contributed by atoms with Crippen molar-refractivity contribution in [3.8, 4) is 5.69 Å². The molecule has 0 radical (unpaired) electrons. The summed E-state index contributed by atoms with van der Waals surface area (Å²) in [6.45, 7) is 0.275. The fourth-order valence-corrected chi connectivity index (χ4v) is 4.13. The second-order valence-electron chi connectivity index (χ2n) is 6.46. The lowest BCUT2D eigenvalue weighted by atomic mass is 10.1. The van der Waals surface area contributed by atoms with Gasteiger partial charge in [0.25, 0.3) is 5.91 Å². The zero-order valence-electron chi connectivity index (χ0n) is 14.6. The minimum atomic E-state index is -3.46. The molecule has 2 atom stereocenters. The third-order valence-electron chi connectivity index (χ3n) is 4.47. The topological polar surface area (TPSA) is 109 Å². The van der Waals surface area contributed by atoms with Crippen LogP contribution in [0.3, 0.4) is 0 Å². The number of aliphatic hydroxyl groups is 1. The maximum absolute atomic E-state index is 12.9. The highest BCUT2D eigenvalue weighted by Crippen LogP contribution is 2.23. The van der Waals surface area contributed by atoms with Crippen molar-refractivity contribution >= 4 is 15.9 Å². The number of carbonyl (C=O) groups excluding carboxylic acids is 1. The molecule has 0 aliphatic carbocycles. The van der Waals surface area contributed by atoms with E-state index < -0.39 is 22.0 Å². The molecule has 1 amide bonds. The van der Waals surface area contributed by atoms with Crippen LogP contribution in [0.1, 0.15) is 10.4 Å². The lowest BCUT2D eigenvalue weighted by Crippen LogP contribution is -2.33. The Balaban J connectivity index is 1.80. The zero-order chi connectivity index (χ0) is 18.9. The Bertz CT molecular complexity index is 882. The Kier molecular flexibility index (Phi) is 5.08. The summed E-state index contributed by atoms with van der Waals surface area (Å²) in [5.41, 5.74) is 0.996. The molecule has 1 saturated heterocycles. The van der Waals surface area contributed by atoms with E-state index in [-0.39, 0.29) is 24.7 Å². The molecule has 0 spiro atoms. The molecule has 1 fully saturated rings. The van der Waals surface area contributed by atoms with Gasteiger partial charge in [-0.1, -0.05) is 12.1 Å². The smallest absolute Gasteiger partial charge is 0.256 e. The van der Waals surface area contributed by atoms with Crippen LogP contribution >= 0.6 is 0 Å². The lowest BCUT2D eigenvalue weighted by Gasteiger charge is -2.19. The number of nitrogens with zero attached hydrogens (tertiary/aromatic N) is 5. The van der Waals surface area contributed by atoms with Gasteiger partial charge in [-0.15, -0.1) is 0 Å². The number of rotatable bonds is 5. The molecule has 140 valence electrons. The van der Waals surface area contributed by atoms with Gasteiger partial charge in [0.2, 0.25) is 10.0 Å². The third-order valence-corrected chi connectivity index (χ3v) is 6.44. The molecule has 1 aliphatic rings. The number of hydrogen-bond acceptors (Lipinski definition) is 6. The summed E-state index contributed by atoms with van der Waals surface area (Å²) in [6, 6.07) is 6.96. The van der Waals surface area contributed by atoms with Crippen molar-refractivity contribution in [1.82, 2.24) is 24.0 Å². The first-order chi connectivity index (χ1) is 12.3. The standard InChI is InChI=1S/C16H21N5O4S/c1-19(2)26(24,25)9-12-7-20(8-15(12)22)16(23)13-5-3-4-6-14(13)21-11-17-10-18-21/h3-6,10-12,15,22H,7-9H2,1-2H3/t12-,15-/m0/s1. The minimum Gasteiger partial charge on any atom is -0.391 e. The highest BCUT2D eigenvalue weighted by atomic mass is 32.2. The lowest BCUT2D eigenvalue weighted by molar-refractivity contribution is 0.0764. The third kappa shape index (κ3) is 3.62. The van der Waals surface area contributed by atoms with Crippen LogP contribution in [-0.2, 0) is 10.0 Å². The molecule has 1 aromatic carbocycles. The second-order valence-corrected chi connectivity index (χ2v) is 8.68. The number of benzene rings is 1. The molecule has 26 heavy (non-hydrogen) atoms. The van der Waals surface area contributed by atoms with Crippen molar-refractivity contribution in [2.75, 3.05) is 32.9 Å². The Morgan fingerprint density at radius 3 is 2.69 bits per heavy atom. The van der Waals surface area contributed by atoms with Gasteiger partial charge in [0, 0.05) is 33.1 Å². The number of hydrogen-bond donors (Lipinski definition) is 1. The second kappa shape index (κ2) is 7.14. The van der Waals surface area contributed by atoms with Crippen molar-refractivity contribution < 1.29 is 18.3 Å². The number of likely N-dealkylation sites (tertiary alicyclic amines) is 1. The van der Waals surface area contributed by atoms with Crippen LogP contribution in [0.15, 0.2) is 36.9 Å². The number of amides is 1. The summed E-state index contributed by atoms with van der Waals surface area (Å²) in [5.74, 6) is -1.000. The average Bonchev–Trinajstić information content (AvgIpc) is 3.24. The van der Waals surface area contributed by atoms with E-state index in [1.165, 1.54) is 36.3 Å². The molecule has 9 nitrogen and oxygen atoms in total. The number of sulfonamides is 1. The predicted octanol–water partition coefficient (Wildman–Crippen LogP) is -0.408. The van der Waals surface area contributed by atoms with Gasteiger partial charge >= 0.3 is 0 Å². The summed E-state index contributed by atoms with van der Waals surface area (Å²) >= 11 is 0. The average molecular weight is 379 g/mol.